The van der Waals surface area contributed by atoms with Crippen molar-refractivity contribution in [2.24, 2.45) is 0 Å². The van der Waals surface area contributed by atoms with E-state index < -0.39 is 6.08 Å². The van der Waals surface area contributed by atoms with Crippen LogP contribution in [-0.4, -0.2) is 5.11 Å². The van der Waals surface area contributed by atoms with E-state index in [-0.39, 0.29) is 0 Å². The van der Waals surface area contributed by atoms with Gasteiger partial charge in [-0.2, -0.15) is 0 Å². The van der Waals surface area contributed by atoms with Crippen LogP contribution in [0.2, 0.25) is 0 Å². The molecule has 2 rings (SSSR count). The van der Waals surface area contributed by atoms with Gasteiger partial charge in [0.05, 0.1) is 1.37 Å². The smallest absolute Gasteiger partial charge is 0.105 e. The minimum absolute atomic E-state index is 0.575. The van der Waals surface area contributed by atoms with E-state index in [0.29, 0.717) is 11.1 Å². The maximum Gasteiger partial charge on any atom is 0.105 e. The second-order valence-corrected chi connectivity index (χ2v) is 5.54. The van der Waals surface area contributed by atoms with Crippen LogP contribution in [0.1, 0.15) is 35.3 Å². The summed E-state index contributed by atoms with van der Waals surface area (Å²) in [4.78, 5) is 0. The van der Waals surface area contributed by atoms with Crippen LogP contribution in [0.5, 0.6) is 0 Å². The van der Waals surface area contributed by atoms with Crippen molar-refractivity contribution in [1.82, 2.24) is 0 Å². The molecular weight excluding hydrogens is 288 g/mol. The fraction of sp³-hybridized carbons (Fsp3) is 0.250. The molecule has 1 N–H and O–H groups in total. The molecule has 0 saturated heterocycles. The van der Waals surface area contributed by atoms with Gasteiger partial charge in [-0.25, -0.2) is 0 Å². The molecule has 1 unspecified atom stereocenters. The largest absolute Gasteiger partial charge is 0.384 e. The van der Waals surface area contributed by atoms with Crippen LogP contribution in [0.3, 0.4) is 0 Å². The Kier molecular flexibility index (Phi) is 3.48. The van der Waals surface area contributed by atoms with Gasteiger partial charge in [-0.05, 0) is 55.2 Å². The minimum Gasteiger partial charge on any atom is -0.384 e. The molecule has 0 radical (unpaired) electrons. The number of aryl methyl sites for hydroxylation is 3. The summed E-state index contributed by atoms with van der Waals surface area (Å²) in [6, 6.07) is 11.2. The van der Waals surface area contributed by atoms with E-state index in [4.69, 9.17) is 1.37 Å². The molecule has 94 valence electrons. The van der Waals surface area contributed by atoms with Gasteiger partial charge >= 0.3 is 0 Å². The summed E-state index contributed by atoms with van der Waals surface area (Å²) in [5, 5.41) is 10.7. The second kappa shape index (κ2) is 5.25. The summed E-state index contributed by atoms with van der Waals surface area (Å²) in [7, 11) is 0. The standard InChI is InChI=1S/C16H17BrO/c1-10-8-11(2)15(12(3)9-10)16(18)13-4-6-14(17)7-5-13/h4-9,16,18H,1-3H3/i16D. The zero-order valence-corrected chi connectivity index (χ0v) is 12.4. The van der Waals surface area contributed by atoms with Crippen molar-refractivity contribution in [1.29, 1.82) is 0 Å². The number of hydrogen-bond donors (Lipinski definition) is 1. The summed E-state index contributed by atoms with van der Waals surface area (Å²) >= 11 is 3.36. The second-order valence-electron chi connectivity index (χ2n) is 4.63. The Bertz CT molecular complexity index is 580. The Hall–Kier alpha value is -1.12. The Balaban J connectivity index is 2.59. The van der Waals surface area contributed by atoms with E-state index in [1.807, 2.05) is 45.0 Å². The highest BCUT2D eigenvalue weighted by atomic mass is 79.9. The van der Waals surface area contributed by atoms with Crippen molar-refractivity contribution < 1.29 is 6.48 Å². The van der Waals surface area contributed by atoms with Crippen LogP contribution in [-0.2, 0) is 0 Å². The molecule has 2 aromatic rings. The molecule has 0 fully saturated rings. The monoisotopic (exact) mass is 305 g/mol. The summed E-state index contributed by atoms with van der Waals surface area (Å²) in [6.07, 6.45) is -1.72. The normalized spacial score (nSPS) is 15.1. The number of halogens is 1. The maximum atomic E-state index is 10.7. The number of aliphatic hydroxyl groups is 1. The Morgan fingerprint density at radius 2 is 1.56 bits per heavy atom. The lowest BCUT2D eigenvalue weighted by Gasteiger charge is -2.18. The van der Waals surface area contributed by atoms with Gasteiger partial charge in [0.25, 0.3) is 0 Å². The first-order chi connectivity index (χ1) is 8.82. The van der Waals surface area contributed by atoms with E-state index in [2.05, 4.69) is 15.9 Å². The SMILES string of the molecule is [2H]C(O)(c1ccc(Br)cc1)c1c(C)cc(C)cc1C. The van der Waals surface area contributed by atoms with Gasteiger partial charge in [0.15, 0.2) is 0 Å². The van der Waals surface area contributed by atoms with Crippen molar-refractivity contribution >= 4 is 15.9 Å². The molecule has 0 spiro atoms. The highest BCUT2D eigenvalue weighted by molar-refractivity contribution is 9.10. The van der Waals surface area contributed by atoms with Crippen LogP contribution in [0.15, 0.2) is 40.9 Å². The summed E-state index contributed by atoms with van der Waals surface area (Å²) in [5.74, 6) is 0. The lowest BCUT2D eigenvalue weighted by molar-refractivity contribution is 0.218. The number of hydrogen-bond acceptors (Lipinski definition) is 1. The highest BCUT2D eigenvalue weighted by Crippen LogP contribution is 2.29. The molecule has 0 saturated carbocycles. The van der Waals surface area contributed by atoms with Gasteiger partial charge in [-0.3, -0.25) is 0 Å². The summed E-state index contributed by atoms with van der Waals surface area (Å²) < 4.78 is 9.31. The zero-order chi connectivity index (χ0) is 14.2. The maximum absolute atomic E-state index is 10.7. The third-order valence-corrected chi connectivity index (χ3v) is 3.56. The number of benzene rings is 2. The predicted molar refractivity (Wildman–Crippen MR) is 78.9 cm³/mol. The molecule has 0 aliphatic rings. The van der Waals surface area contributed by atoms with Crippen LogP contribution in [0.25, 0.3) is 0 Å². The van der Waals surface area contributed by atoms with Gasteiger partial charge in [-0.1, -0.05) is 45.8 Å². The Labute approximate surface area is 118 Å². The zero-order valence-electron chi connectivity index (χ0n) is 11.8. The van der Waals surface area contributed by atoms with Crippen LogP contribution in [0.4, 0.5) is 0 Å². The fourth-order valence-electron chi connectivity index (χ4n) is 2.31. The first-order valence-corrected chi connectivity index (χ1v) is 6.68. The molecule has 0 aliphatic heterocycles. The molecule has 1 nitrogen and oxygen atoms in total. The number of rotatable bonds is 2. The van der Waals surface area contributed by atoms with Crippen LogP contribution < -0.4 is 0 Å². The average Bonchev–Trinajstić information content (AvgIpc) is 2.27. The van der Waals surface area contributed by atoms with Gasteiger partial charge in [-0.15, -0.1) is 0 Å². The third-order valence-electron chi connectivity index (χ3n) is 3.03. The molecule has 2 aromatic carbocycles. The van der Waals surface area contributed by atoms with E-state index in [1.165, 1.54) is 0 Å². The highest BCUT2D eigenvalue weighted by Gasteiger charge is 2.15. The molecule has 0 amide bonds. The van der Waals surface area contributed by atoms with Gasteiger partial charge in [0.2, 0.25) is 0 Å². The van der Waals surface area contributed by atoms with Crippen molar-refractivity contribution in [3.8, 4) is 0 Å². The van der Waals surface area contributed by atoms with Crippen LogP contribution in [0, 0.1) is 20.8 Å². The molecule has 1 atom stereocenters. The molecule has 2 heteroatoms. The van der Waals surface area contributed by atoms with E-state index >= 15 is 0 Å². The Morgan fingerprint density at radius 1 is 1.06 bits per heavy atom. The average molecular weight is 306 g/mol. The molecule has 0 aromatic heterocycles. The molecular formula is C16H17BrO. The summed E-state index contributed by atoms with van der Waals surface area (Å²) in [5.41, 5.74) is 4.27. The van der Waals surface area contributed by atoms with E-state index in [1.54, 1.807) is 12.1 Å². The predicted octanol–water partition coefficient (Wildman–Crippen LogP) is 4.46. The van der Waals surface area contributed by atoms with Crippen molar-refractivity contribution in [2.45, 2.75) is 26.9 Å². The van der Waals surface area contributed by atoms with Gasteiger partial charge in [0, 0.05) is 4.47 Å². The van der Waals surface area contributed by atoms with Gasteiger partial charge < -0.3 is 5.11 Å². The van der Waals surface area contributed by atoms with E-state index in [9.17, 15) is 5.11 Å². The lowest BCUT2D eigenvalue weighted by atomic mass is 9.92. The molecule has 0 aliphatic carbocycles. The first kappa shape index (κ1) is 11.9. The van der Waals surface area contributed by atoms with Crippen molar-refractivity contribution in [3.05, 3.63) is 68.7 Å². The quantitative estimate of drug-likeness (QED) is 0.868. The minimum atomic E-state index is -1.72. The third kappa shape index (κ3) is 2.65. The first-order valence-electron chi connectivity index (χ1n) is 6.39. The van der Waals surface area contributed by atoms with Crippen molar-refractivity contribution in [2.75, 3.05) is 0 Å². The summed E-state index contributed by atoms with van der Waals surface area (Å²) in [6.45, 7) is 5.90. The Morgan fingerprint density at radius 3 is 2.06 bits per heavy atom. The topological polar surface area (TPSA) is 20.2 Å². The molecule has 0 heterocycles. The molecule has 18 heavy (non-hydrogen) atoms. The fourth-order valence-corrected chi connectivity index (χ4v) is 2.57. The molecule has 0 bridgehead atoms. The van der Waals surface area contributed by atoms with E-state index in [0.717, 1.165) is 21.2 Å². The van der Waals surface area contributed by atoms with Gasteiger partial charge in [0.1, 0.15) is 6.08 Å². The lowest BCUT2D eigenvalue weighted by Crippen LogP contribution is -2.05. The van der Waals surface area contributed by atoms with Crippen molar-refractivity contribution in [3.63, 3.8) is 0 Å². The van der Waals surface area contributed by atoms with Crippen LogP contribution >= 0.6 is 15.9 Å².